The molecule has 0 bridgehead atoms. The quantitative estimate of drug-likeness (QED) is 0.622. The molecule has 0 heterocycles. The van der Waals surface area contributed by atoms with Crippen LogP contribution in [0, 0.1) is 0 Å². The molecular formula is C8H9Cl2NOS. The number of anilines is 1. The molecule has 0 fully saturated rings. The summed E-state index contributed by atoms with van der Waals surface area (Å²) < 4.78 is 5.10. The van der Waals surface area contributed by atoms with Gasteiger partial charge in [-0.2, -0.15) is 12.6 Å². The summed E-state index contributed by atoms with van der Waals surface area (Å²) in [4.78, 5) is 0. The number of benzene rings is 1. The number of nitrogens with one attached hydrogen (secondary N) is 1. The van der Waals surface area contributed by atoms with Gasteiger partial charge in [0.25, 0.3) is 0 Å². The third-order valence-corrected chi connectivity index (χ3v) is 2.14. The number of rotatable bonds is 3. The summed E-state index contributed by atoms with van der Waals surface area (Å²) in [6.45, 7) is 0. The summed E-state index contributed by atoms with van der Waals surface area (Å²) in [5.74, 6) is 1.08. The fourth-order valence-electron chi connectivity index (χ4n) is 0.984. The van der Waals surface area contributed by atoms with Crippen LogP contribution in [-0.4, -0.2) is 13.0 Å². The Bertz CT molecular complexity index is 306. The first-order valence-corrected chi connectivity index (χ1v) is 4.95. The van der Waals surface area contributed by atoms with Crippen LogP contribution in [0.1, 0.15) is 0 Å². The van der Waals surface area contributed by atoms with Crippen LogP contribution >= 0.6 is 35.8 Å². The minimum absolute atomic E-state index is 0.485. The van der Waals surface area contributed by atoms with Crippen LogP contribution in [0.3, 0.4) is 0 Å². The molecule has 1 aromatic rings. The lowest BCUT2D eigenvalue weighted by atomic mass is 10.3. The van der Waals surface area contributed by atoms with E-state index >= 15 is 0 Å². The van der Waals surface area contributed by atoms with E-state index in [9.17, 15) is 0 Å². The zero-order valence-electron chi connectivity index (χ0n) is 6.97. The van der Waals surface area contributed by atoms with Crippen molar-refractivity contribution < 1.29 is 4.74 Å². The van der Waals surface area contributed by atoms with E-state index in [4.69, 9.17) is 27.9 Å². The second-order valence-electron chi connectivity index (χ2n) is 2.30. The predicted octanol–water partition coefficient (Wildman–Crippen LogP) is 3.30. The summed E-state index contributed by atoms with van der Waals surface area (Å²) in [7, 11) is 1.55. The zero-order chi connectivity index (χ0) is 9.84. The van der Waals surface area contributed by atoms with Gasteiger partial charge in [-0.25, -0.2) is 0 Å². The van der Waals surface area contributed by atoms with Crippen molar-refractivity contribution in [1.29, 1.82) is 0 Å². The summed E-state index contributed by atoms with van der Waals surface area (Å²) >= 11 is 15.7. The summed E-state index contributed by atoms with van der Waals surface area (Å²) in [6, 6.07) is 3.37. The van der Waals surface area contributed by atoms with Gasteiger partial charge in [0.15, 0.2) is 5.75 Å². The van der Waals surface area contributed by atoms with Crippen LogP contribution < -0.4 is 10.1 Å². The average Bonchev–Trinajstić information content (AvgIpc) is 2.04. The molecule has 0 unspecified atom stereocenters. The summed E-state index contributed by atoms with van der Waals surface area (Å²) in [5, 5.41) is 4.03. The molecule has 0 radical (unpaired) electrons. The van der Waals surface area contributed by atoms with E-state index < -0.39 is 0 Å². The van der Waals surface area contributed by atoms with Gasteiger partial charge in [0, 0.05) is 5.02 Å². The molecule has 5 heteroatoms. The first kappa shape index (κ1) is 10.8. The third-order valence-electron chi connectivity index (χ3n) is 1.48. The van der Waals surface area contributed by atoms with E-state index in [0.717, 1.165) is 5.69 Å². The number of hydrogen-bond donors (Lipinski definition) is 2. The van der Waals surface area contributed by atoms with Crippen molar-refractivity contribution in [2.45, 2.75) is 0 Å². The first-order chi connectivity index (χ1) is 6.19. The standard InChI is InChI=1S/C8H9Cl2NOS/c1-12-8-6(10)2-5(9)3-7(8)11-4-13/h2-3,11,13H,4H2,1H3. The summed E-state index contributed by atoms with van der Waals surface area (Å²) in [5.41, 5.74) is 0.745. The Morgan fingerprint density at radius 3 is 2.69 bits per heavy atom. The minimum atomic E-state index is 0.485. The molecule has 0 saturated heterocycles. The molecular weight excluding hydrogens is 229 g/mol. The highest BCUT2D eigenvalue weighted by Gasteiger charge is 2.08. The van der Waals surface area contributed by atoms with E-state index in [0.29, 0.717) is 21.7 Å². The molecule has 0 aliphatic heterocycles. The lowest BCUT2D eigenvalue weighted by Gasteiger charge is -2.11. The number of ether oxygens (including phenoxy) is 1. The first-order valence-electron chi connectivity index (χ1n) is 3.56. The summed E-state index contributed by atoms with van der Waals surface area (Å²) in [6.07, 6.45) is 0. The number of methoxy groups -OCH3 is 1. The van der Waals surface area contributed by atoms with Gasteiger partial charge in [-0.05, 0) is 12.1 Å². The Morgan fingerprint density at radius 2 is 2.15 bits per heavy atom. The van der Waals surface area contributed by atoms with Crippen molar-refractivity contribution in [3.63, 3.8) is 0 Å². The number of hydrogen-bond acceptors (Lipinski definition) is 3. The zero-order valence-corrected chi connectivity index (χ0v) is 9.38. The van der Waals surface area contributed by atoms with E-state index in [2.05, 4.69) is 17.9 Å². The maximum Gasteiger partial charge on any atom is 0.160 e. The lowest BCUT2D eigenvalue weighted by Crippen LogP contribution is -1.98. The molecule has 0 aliphatic carbocycles. The molecule has 72 valence electrons. The van der Waals surface area contributed by atoms with E-state index in [-0.39, 0.29) is 0 Å². The van der Waals surface area contributed by atoms with Crippen molar-refractivity contribution in [3.05, 3.63) is 22.2 Å². The van der Waals surface area contributed by atoms with Gasteiger partial charge < -0.3 is 10.1 Å². The molecule has 0 atom stereocenters. The fourth-order valence-corrected chi connectivity index (χ4v) is 1.73. The smallest absolute Gasteiger partial charge is 0.160 e. The average molecular weight is 238 g/mol. The predicted molar refractivity (Wildman–Crippen MR) is 60.5 cm³/mol. The highest BCUT2D eigenvalue weighted by molar-refractivity contribution is 7.80. The molecule has 0 amide bonds. The largest absolute Gasteiger partial charge is 0.493 e. The van der Waals surface area contributed by atoms with Gasteiger partial charge >= 0.3 is 0 Å². The van der Waals surface area contributed by atoms with Gasteiger partial charge in [0.2, 0.25) is 0 Å². The van der Waals surface area contributed by atoms with Crippen LogP contribution in [0.15, 0.2) is 12.1 Å². The van der Waals surface area contributed by atoms with Crippen molar-refractivity contribution in [2.24, 2.45) is 0 Å². The number of thiol groups is 1. The fraction of sp³-hybridized carbons (Fsp3) is 0.250. The van der Waals surface area contributed by atoms with Gasteiger partial charge in [0.05, 0.1) is 23.7 Å². The van der Waals surface area contributed by atoms with Crippen molar-refractivity contribution in [3.8, 4) is 5.75 Å². The molecule has 0 saturated carbocycles. The molecule has 1 rings (SSSR count). The van der Waals surface area contributed by atoms with Crippen LogP contribution in [-0.2, 0) is 0 Å². The normalized spacial score (nSPS) is 9.85. The molecule has 1 N–H and O–H groups in total. The Morgan fingerprint density at radius 1 is 1.46 bits per heavy atom. The van der Waals surface area contributed by atoms with Crippen molar-refractivity contribution in [2.75, 3.05) is 18.3 Å². The molecule has 2 nitrogen and oxygen atoms in total. The SMILES string of the molecule is COc1c(Cl)cc(Cl)cc1NCS. The molecule has 1 aromatic carbocycles. The van der Waals surface area contributed by atoms with Crippen LogP contribution in [0.4, 0.5) is 5.69 Å². The highest BCUT2D eigenvalue weighted by atomic mass is 35.5. The van der Waals surface area contributed by atoms with Gasteiger partial charge in [-0.1, -0.05) is 23.2 Å². The molecule has 13 heavy (non-hydrogen) atoms. The number of halogens is 2. The Kier molecular flexibility index (Phi) is 4.03. The van der Waals surface area contributed by atoms with E-state index in [1.54, 1.807) is 19.2 Å². The Labute approximate surface area is 92.6 Å². The lowest BCUT2D eigenvalue weighted by molar-refractivity contribution is 0.417. The van der Waals surface area contributed by atoms with Gasteiger partial charge in [0.1, 0.15) is 0 Å². The van der Waals surface area contributed by atoms with E-state index in [1.807, 2.05) is 0 Å². The maximum atomic E-state index is 5.90. The Balaban J connectivity index is 3.13. The third kappa shape index (κ3) is 2.59. The highest BCUT2D eigenvalue weighted by Crippen LogP contribution is 2.35. The molecule has 0 spiro atoms. The monoisotopic (exact) mass is 237 g/mol. The van der Waals surface area contributed by atoms with Gasteiger partial charge in [-0.15, -0.1) is 0 Å². The second-order valence-corrected chi connectivity index (χ2v) is 3.46. The minimum Gasteiger partial charge on any atom is -0.493 e. The van der Waals surface area contributed by atoms with Crippen LogP contribution in [0.25, 0.3) is 0 Å². The van der Waals surface area contributed by atoms with E-state index in [1.165, 1.54) is 0 Å². The Hall–Kier alpha value is -0.250. The van der Waals surface area contributed by atoms with Crippen LogP contribution in [0.5, 0.6) is 5.75 Å². The topological polar surface area (TPSA) is 21.3 Å². The maximum absolute atomic E-state index is 5.90. The van der Waals surface area contributed by atoms with Crippen LogP contribution in [0.2, 0.25) is 10.0 Å². The second kappa shape index (κ2) is 4.84. The molecule has 0 aliphatic rings. The van der Waals surface area contributed by atoms with Crippen molar-refractivity contribution >= 4 is 41.5 Å². The van der Waals surface area contributed by atoms with Crippen molar-refractivity contribution in [1.82, 2.24) is 0 Å². The van der Waals surface area contributed by atoms with Gasteiger partial charge in [-0.3, -0.25) is 0 Å². The molecule has 0 aromatic heterocycles.